The highest BCUT2D eigenvalue weighted by Crippen LogP contribution is 2.20. The molecule has 0 aliphatic heterocycles. The largest absolute Gasteiger partial charge is 0.388 e. The molecule has 5 nitrogen and oxygen atoms in total. The van der Waals surface area contributed by atoms with Gasteiger partial charge in [0.2, 0.25) is 0 Å². The molecule has 21 heavy (non-hydrogen) atoms. The second-order valence-electron chi connectivity index (χ2n) is 4.61. The Morgan fingerprint density at radius 1 is 1.24 bits per heavy atom. The van der Waals surface area contributed by atoms with Crippen LogP contribution in [0, 0.1) is 18.3 Å². The summed E-state index contributed by atoms with van der Waals surface area (Å²) in [6, 6.07) is 14.4. The van der Waals surface area contributed by atoms with Crippen molar-refractivity contribution in [1.82, 2.24) is 4.98 Å². The third kappa shape index (κ3) is 2.47. The maximum Gasteiger partial charge on any atom is 0.348 e. The maximum absolute atomic E-state index is 11.9. The first-order valence-corrected chi connectivity index (χ1v) is 6.35. The lowest BCUT2D eigenvalue weighted by molar-refractivity contribution is 0.522. The molecule has 0 bridgehead atoms. The van der Waals surface area contributed by atoms with Gasteiger partial charge >= 0.3 is 11.6 Å². The molecule has 1 aromatic heterocycles. The Kier molecular flexibility index (Phi) is 3.13. The van der Waals surface area contributed by atoms with Gasteiger partial charge in [0.15, 0.2) is 0 Å². The molecular weight excluding hydrogens is 266 g/mol. The van der Waals surface area contributed by atoms with E-state index in [-0.39, 0.29) is 6.01 Å². The van der Waals surface area contributed by atoms with Gasteiger partial charge in [-0.2, -0.15) is 10.2 Å². The Hall–Kier alpha value is -3.13. The first-order chi connectivity index (χ1) is 10.2. The van der Waals surface area contributed by atoms with Gasteiger partial charge in [0, 0.05) is 0 Å². The lowest BCUT2D eigenvalue weighted by atomic mass is 10.2. The van der Waals surface area contributed by atoms with Crippen LogP contribution >= 0.6 is 0 Å². The first-order valence-electron chi connectivity index (χ1n) is 6.35. The number of benzene rings is 2. The van der Waals surface area contributed by atoms with Gasteiger partial charge in [-0.25, -0.2) is 4.79 Å². The van der Waals surface area contributed by atoms with Crippen LogP contribution in [0.3, 0.4) is 0 Å². The number of hydrogen-bond donors (Lipinski definition) is 1. The third-order valence-corrected chi connectivity index (χ3v) is 3.07. The average molecular weight is 277 g/mol. The van der Waals surface area contributed by atoms with Crippen LogP contribution in [-0.4, -0.2) is 4.98 Å². The Morgan fingerprint density at radius 2 is 2.05 bits per heavy atom. The molecule has 5 heteroatoms. The minimum absolute atomic E-state index is 0.0702. The van der Waals surface area contributed by atoms with Crippen molar-refractivity contribution in [2.45, 2.75) is 6.92 Å². The van der Waals surface area contributed by atoms with Gasteiger partial charge in [-0.15, -0.1) is 0 Å². The molecule has 0 amide bonds. The number of rotatable bonds is 2. The highest BCUT2D eigenvalue weighted by molar-refractivity contribution is 5.79. The number of nitrogens with zero attached hydrogens (tertiary/aromatic N) is 2. The molecule has 3 rings (SSSR count). The van der Waals surface area contributed by atoms with Crippen LogP contribution in [-0.2, 0) is 0 Å². The van der Waals surface area contributed by atoms with Crippen molar-refractivity contribution < 1.29 is 4.42 Å². The average Bonchev–Trinajstić information content (AvgIpc) is 2.47. The fourth-order valence-electron chi connectivity index (χ4n) is 2.04. The summed E-state index contributed by atoms with van der Waals surface area (Å²) in [6.07, 6.45) is 0. The normalized spacial score (nSPS) is 10.3. The molecule has 0 radical (unpaired) electrons. The second kappa shape index (κ2) is 5.10. The zero-order valence-corrected chi connectivity index (χ0v) is 11.3. The SMILES string of the molecule is Cc1ccc2c(=O)oc(Nc3ccccc3C#N)nc2c1. The monoisotopic (exact) mass is 277 g/mol. The minimum Gasteiger partial charge on any atom is -0.388 e. The van der Waals surface area contributed by atoms with E-state index in [1.54, 1.807) is 30.3 Å². The van der Waals surface area contributed by atoms with Crippen LogP contribution in [0.5, 0.6) is 0 Å². The van der Waals surface area contributed by atoms with Crippen molar-refractivity contribution in [3.05, 3.63) is 64.0 Å². The smallest absolute Gasteiger partial charge is 0.348 e. The van der Waals surface area contributed by atoms with Gasteiger partial charge in [0.1, 0.15) is 6.07 Å². The quantitative estimate of drug-likeness (QED) is 0.778. The maximum atomic E-state index is 11.9. The van der Waals surface area contributed by atoms with Crippen molar-refractivity contribution in [2.75, 3.05) is 5.32 Å². The van der Waals surface area contributed by atoms with Crippen molar-refractivity contribution >= 4 is 22.6 Å². The summed E-state index contributed by atoms with van der Waals surface area (Å²) >= 11 is 0. The van der Waals surface area contributed by atoms with Crippen LogP contribution in [0.15, 0.2) is 51.7 Å². The van der Waals surface area contributed by atoms with Gasteiger partial charge in [0.05, 0.1) is 22.2 Å². The molecule has 0 spiro atoms. The van der Waals surface area contributed by atoms with Gasteiger partial charge in [-0.05, 0) is 36.8 Å². The van der Waals surface area contributed by atoms with E-state index in [1.807, 2.05) is 19.1 Å². The summed E-state index contributed by atoms with van der Waals surface area (Å²) in [5.41, 5.74) is 2.10. The van der Waals surface area contributed by atoms with E-state index < -0.39 is 5.63 Å². The molecule has 0 aliphatic carbocycles. The Balaban J connectivity index is 2.09. The number of nitrogens with one attached hydrogen (secondary N) is 1. The Morgan fingerprint density at radius 3 is 2.86 bits per heavy atom. The number of hydrogen-bond acceptors (Lipinski definition) is 5. The van der Waals surface area contributed by atoms with E-state index in [2.05, 4.69) is 16.4 Å². The van der Waals surface area contributed by atoms with Crippen molar-refractivity contribution in [3.63, 3.8) is 0 Å². The number of aromatic nitrogens is 1. The van der Waals surface area contributed by atoms with Crippen LogP contribution in [0.1, 0.15) is 11.1 Å². The zero-order valence-electron chi connectivity index (χ0n) is 11.3. The highest BCUT2D eigenvalue weighted by atomic mass is 16.4. The Labute approximate surface area is 120 Å². The lowest BCUT2D eigenvalue weighted by Gasteiger charge is -2.06. The molecule has 0 fully saturated rings. The number of para-hydroxylation sites is 1. The van der Waals surface area contributed by atoms with E-state index >= 15 is 0 Å². The fourth-order valence-corrected chi connectivity index (χ4v) is 2.04. The number of anilines is 2. The summed E-state index contributed by atoms with van der Waals surface area (Å²) in [7, 11) is 0. The molecule has 0 aliphatic rings. The summed E-state index contributed by atoms with van der Waals surface area (Å²) in [5.74, 6) is 0. The van der Waals surface area contributed by atoms with Crippen LogP contribution in [0.2, 0.25) is 0 Å². The molecule has 0 unspecified atom stereocenters. The molecular formula is C16H11N3O2. The predicted molar refractivity (Wildman–Crippen MR) is 79.5 cm³/mol. The Bertz CT molecular complexity index is 923. The van der Waals surface area contributed by atoms with Crippen LogP contribution in [0.25, 0.3) is 10.9 Å². The molecule has 1 heterocycles. The van der Waals surface area contributed by atoms with E-state index in [4.69, 9.17) is 9.68 Å². The summed E-state index contributed by atoms with van der Waals surface area (Å²) < 4.78 is 5.15. The van der Waals surface area contributed by atoms with Gasteiger partial charge in [-0.1, -0.05) is 18.2 Å². The summed E-state index contributed by atoms with van der Waals surface area (Å²) in [6.45, 7) is 1.92. The van der Waals surface area contributed by atoms with Gasteiger partial charge < -0.3 is 9.73 Å². The predicted octanol–water partition coefficient (Wildman–Crippen LogP) is 3.11. The first kappa shape index (κ1) is 12.9. The number of fused-ring (bicyclic) bond motifs is 1. The number of nitriles is 1. The van der Waals surface area contributed by atoms with Crippen molar-refractivity contribution in [2.24, 2.45) is 0 Å². The van der Waals surface area contributed by atoms with E-state index in [0.29, 0.717) is 22.2 Å². The molecule has 102 valence electrons. The van der Waals surface area contributed by atoms with E-state index in [9.17, 15) is 4.79 Å². The van der Waals surface area contributed by atoms with Crippen molar-refractivity contribution in [1.29, 1.82) is 5.26 Å². The van der Waals surface area contributed by atoms with Crippen molar-refractivity contribution in [3.8, 4) is 6.07 Å². The van der Waals surface area contributed by atoms with Crippen LogP contribution in [0.4, 0.5) is 11.7 Å². The molecule has 1 N–H and O–H groups in total. The molecule has 0 atom stereocenters. The number of aryl methyl sites for hydroxylation is 1. The fraction of sp³-hybridized carbons (Fsp3) is 0.0625. The third-order valence-electron chi connectivity index (χ3n) is 3.07. The molecule has 0 saturated heterocycles. The van der Waals surface area contributed by atoms with Gasteiger partial charge in [0.25, 0.3) is 0 Å². The standard InChI is InChI=1S/C16H11N3O2/c1-10-6-7-12-14(8-10)19-16(21-15(12)20)18-13-5-3-2-4-11(13)9-17/h2-8H,1H3,(H,18,19). The van der Waals surface area contributed by atoms with E-state index in [1.165, 1.54) is 0 Å². The highest BCUT2D eigenvalue weighted by Gasteiger charge is 2.08. The molecule has 2 aromatic carbocycles. The topological polar surface area (TPSA) is 78.9 Å². The summed E-state index contributed by atoms with van der Waals surface area (Å²) in [4.78, 5) is 16.2. The minimum atomic E-state index is -0.461. The van der Waals surface area contributed by atoms with Crippen LogP contribution < -0.4 is 10.9 Å². The van der Waals surface area contributed by atoms with E-state index in [0.717, 1.165) is 5.56 Å². The molecule has 3 aromatic rings. The second-order valence-corrected chi connectivity index (χ2v) is 4.61. The lowest BCUT2D eigenvalue weighted by Crippen LogP contribution is -2.05. The van der Waals surface area contributed by atoms with Gasteiger partial charge in [-0.3, -0.25) is 0 Å². The summed E-state index contributed by atoms with van der Waals surface area (Å²) in [5, 5.41) is 12.4. The molecule has 0 saturated carbocycles. The zero-order chi connectivity index (χ0) is 14.8.